The van der Waals surface area contributed by atoms with E-state index in [2.05, 4.69) is 11.9 Å². The molecule has 1 heterocycles. The Labute approximate surface area is 84.3 Å². The van der Waals surface area contributed by atoms with Crippen molar-refractivity contribution >= 4 is 6.09 Å². The third-order valence-electron chi connectivity index (χ3n) is 1.76. The smallest absolute Gasteiger partial charge is 0.408 e. The SMILES string of the molecule is C=C1COCC1NC(=O)OC(C)(C)C. The van der Waals surface area contributed by atoms with Crippen LogP contribution in [0.5, 0.6) is 0 Å². The number of carbonyl (C=O) groups excluding carboxylic acids is 1. The molecular formula is C10H17NO3. The van der Waals surface area contributed by atoms with Gasteiger partial charge in [0.05, 0.1) is 19.3 Å². The molecule has 1 aliphatic rings. The molecule has 1 rings (SSSR count). The number of hydrogen-bond donors (Lipinski definition) is 1. The average Bonchev–Trinajstić information content (AvgIpc) is 2.32. The molecule has 1 saturated heterocycles. The Balaban J connectivity index is 2.37. The van der Waals surface area contributed by atoms with E-state index in [9.17, 15) is 4.79 Å². The highest BCUT2D eigenvalue weighted by Gasteiger charge is 2.24. The van der Waals surface area contributed by atoms with Crippen LogP contribution >= 0.6 is 0 Å². The third kappa shape index (κ3) is 3.38. The fraction of sp³-hybridized carbons (Fsp3) is 0.700. The molecule has 0 spiro atoms. The van der Waals surface area contributed by atoms with Crippen molar-refractivity contribution in [3.8, 4) is 0 Å². The van der Waals surface area contributed by atoms with Gasteiger partial charge in [0.1, 0.15) is 5.60 Å². The zero-order valence-corrected chi connectivity index (χ0v) is 8.92. The van der Waals surface area contributed by atoms with Gasteiger partial charge in [-0.1, -0.05) is 6.58 Å². The van der Waals surface area contributed by atoms with Crippen molar-refractivity contribution in [2.45, 2.75) is 32.4 Å². The fourth-order valence-electron chi connectivity index (χ4n) is 1.12. The van der Waals surface area contributed by atoms with Crippen LogP contribution in [0.25, 0.3) is 0 Å². The van der Waals surface area contributed by atoms with Gasteiger partial charge in [-0.2, -0.15) is 0 Å². The van der Waals surface area contributed by atoms with Gasteiger partial charge in [-0.05, 0) is 26.3 Å². The second-order valence-electron chi connectivity index (χ2n) is 4.37. The van der Waals surface area contributed by atoms with Gasteiger partial charge in [-0.3, -0.25) is 0 Å². The summed E-state index contributed by atoms with van der Waals surface area (Å²) in [6.07, 6.45) is -0.422. The molecule has 4 nitrogen and oxygen atoms in total. The van der Waals surface area contributed by atoms with E-state index < -0.39 is 11.7 Å². The number of nitrogens with one attached hydrogen (secondary N) is 1. The average molecular weight is 199 g/mol. The Morgan fingerprint density at radius 1 is 1.64 bits per heavy atom. The van der Waals surface area contributed by atoms with Crippen molar-refractivity contribution in [3.63, 3.8) is 0 Å². The van der Waals surface area contributed by atoms with Gasteiger partial charge >= 0.3 is 6.09 Å². The Morgan fingerprint density at radius 2 is 2.29 bits per heavy atom. The number of amides is 1. The first-order chi connectivity index (χ1) is 6.38. The molecule has 1 unspecified atom stereocenters. The quantitative estimate of drug-likeness (QED) is 0.650. The van der Waals surface area contributed by atoms with Crippen LogP contribution in [-0.2, 0) is 9.47 Å². The molecule has 1 amide bonds. The molecule has 0 radical (unpaired) electrons. The summed E-state index contributed by atoms with van der Waals surface area (Å²) in [6, 6.07) is -0.107. The lowest BCUT2D eigenvalue weighted by Crippen LogP contribution is -2.40. The highest BCUT2D eigenvalue weighted by molar-refractivity contribution is 5.68. The molecular weight excluding hydrogens is 182 g/mol. The molecule has 1 fully saturated rings. The number of hydrogen-bond acceptors (Lipinski definition) is 3. The van der Waals surface area contributed by atoms with Crippen molar-refractivity contribution in [1.82, 2.24) is 5.32 Å². The minimum atomic E-state index is -0.467. The number of alkyl carbamates (subject to hydrolysis) is 1. The predicted octanol–water partition coefficient (Wildman–Crippen LogP) is 1.47. The molecule has 0 aliphatic carbocycles. The van der Waals surface area contributed by atoms with Gasteiger partial charge in [0.2, 0.25) is 0 Å². The van der Waals surface area contributed by atoms with E-state index in [1.807, 2.05) is 20.8 Å². The summed E-state index contributed by atoms with van der Waals surface area (Å²) >= 11 is 0. The van der Waals surface area contributed by atoms with E-state index in [0.717, 1.165) is 5.57 Å². The maximum atomic E-state index is 11.3. The van der Waals surface area contributed by atoms with Crippen LogP contribution in [0.2, 0.25) is 0 Å². The first kappa shape index (κ1) is 11.0. The van der Waals surface area contributed by atoms with E-state index >= 15 is 0 Å². The van der Waals surface area contributed by atoms with Gasteiger partial charge in [0.15, 0.2) is 0 Å². The van der Waals surface area contributed by atoms with Crippen LogP contribution in [0.15, 0.2) is 12.2 Å². The molecule has 0 aromatic rings. The van der Waals surface area contributed by atoms with Crippen LogP contribution in [0.1, 0.15) is 20.8 Å². The topological polar surface area (TPSA) is 47.6 Å². The zero-order chi connectivity index (χ0) is 10.8. The normalized spacial score (nSPS) is 22.2. The minimum Gasteiger partial charge on any atom is -0.444 e. The summed E-state index contributed by atoms with van der Waals surface area (Å²) in [7, 11) is 0. The Kier molecular flexibility index (Phi) is 3.16. The highest BCUT2D eigenvalue weighted by Crippen LogP contribution is 2.11. The summed E-state index contributed by atoms with van der Waals surface area (Å²) < 4.78 is 10.2. The molecule has 0 aromatic heterocycles. The second kappa shape index (κ2) is 4.00. The molecule has 4 heteroatoms. The summed E-state index contributed by atoms with van der Waals surface area (Å²) in [5.74, 6) is 0. The maximum absolute atomic E-state index is 11.3. The van der Waals surface area contributed by atoms with Crippen molar-refractivity contribution in [2.75, 3.05) is 13.2 Å². The number of carbonyl (C=O) groups is 1. The standard InChI is InChI=1S/C10H17NO3/c1-7-5-13-6-8(7)11-9(12)14-10(2,3)4/h8H,1,5-6H2,2-4H3,(H,11,12). The molecule has 0 aromatic carbocycles. The predicted molar refractivity (Wildman–Crippen MR) is 53.1 cm³/mol. The maximum Gasteiger partial charge on any atom is 0.408 e. The monoisotopic (exact) mass is 199 g/mol. The van der Waals surface area contributed by atoms with Crippen molar-refractivity contribution in [2.24, 2.45) is 0 Å². The van der Waals surface area contributed by atoms with E-state index in [-0.39, 0.29) is 6.04 Å². The first-order valence-electron chi connectivity index (χ1n) is 4.63. The largest absolute Gasteiger partial charge is 0.444 e. The van der Waals surface area contributed by atoms with Crippen LogP contribution in [0.3, 0.4) is 0 Å². The van der Waals surface area contributed by atoms with Gasteiger partial charge in [0, 0.05) is 0 Å². The van der Waals surface area contributed by atoms with Crippen LogP contribution in [-0.4, -0.2) is 30.9 Å². The molecule has 1 atom stereocenters. The lowest BCUT2D eigenvalue weighted by Gasteiger charge is -2.21. The van der Waals surface area contributed by atoms with E-state index in [4.69, 9.17) is 9.47 Å². The zero-order valence-electron chi connectivity index (χ0n) is 8.92. The van der Waals surface area contributed by atoms with Gasteiger partial charge in [-0.25, -0.2) is 4.79 Å². The van der Waals surface area contributed by atoms with Crippen molar-refractivity contribution < 1.29 is 14.3 Å². The van der Waals surface area contributed by atoms with Gasteiger partial charge in [0.25, 0.3) is 0 Å². The van der Waals surface area contributed by atoms with Gasteiger partial charge < -0.3 is 14.8 Å². The lowest BCUT2D eigenvalue weighted by molar-refractivity contribution is 0.0503. The Morgan fingerprint density at radius 3 is 2.71 bits per heavy atom. The molecule has 0 saturated carbocycles. The van der Waals surface area contributed by atoms with E-state index in [0.29, 0.717) is 13.2 Å². The summed E-state index contributed by atoms with van der Waals surface area (Å²) in [6.45, 7) is 10.3. The highest BCUT2D eigenvalue weighted by atomic mass is 16.6. The minimum absolute atomic E-state index is 0.107. The lowest BCUT2D eigenvalue weighted by atomic mass is 10.2. The summed E-state index contributed by atoms with van der Waals surface area (Å²) in [5.41, 5.74) is 0.418. The first-order valence-corrected chi connectivity index (χ1v) is 4.63. The van der Waals surface area contributed by atoms with Crippen LogP contribution in [0, 0.1) is 0 Å². The van der Waals surface area contributed by atoms with Crippen molar-refractivity contribution in [1.29, 1.82) is 0 Å². The van der Waals surface area contributed by atoms with Gasteiger partial charge in [-0.15, -0.1) is 0 Å². The Bertz CT molecular complexity index is 242. The molecule has 14 heavy (non-hydrogen) atoms. The number of ether oxygens (including phenoxy) is 2. The summed E-state index contributed by atoms with van der Waals surface area (Å²) in [5, 5.41) is 2.70. The summed E-state index contributed by atoms with van der Waals surface area (Å²) in [4.78, 5) is 11.3. The Hall–Kier alpha value is -1.03. The molecule has 80 valence electrons. The third-order valence-corrected chi connectivity index (χ3v) is 1.76. The molecule has 0 bridgehead atoms. The molecule has 1 aliphatic heterocycles. The van der Waals surface area contributed by atoms with Crippen LogP contribution < -0.4 is 5.32 Å². The molecule has 1 N–H and O–H groups in total. The van der Waals surface area contributed by atoms with Crippen molar-refractivity contribution in [3.05, 3.63) is 12.2 Å². The van der Waals surface area contributed by atoms with E-state index in [1.54, 1.807) is 0 Å². The number of rotatable bonds is 1. The van der Waals surface area contributed by atoms with Crippen LogP contribution in [0.4, 0.5) is 4.79 Å². The second-order valence-corrected chi connectivity index (χ2v) is 4.37. The van der Waals surface area contributed by atoms with E-state index in [1.165, 1.54) is 0 Å². The fourth-order valence-corrected chi connectivity index (χ4v) is 1.12.